The highest BCUT2D eigenvalue weighted by Crippen LogP contribution is 2.20. The molecule has 0 fully saturated rings. The van der Waals surface area contributed by atoms with Crippen LogP contribution < -0.4 is 10.6 Å². The lowest BCUT2D eigenvalue weighted by Gasteiger charge is -2.09. The summed E-state index contributed by atoms with van der Waals surface area (Å²) in [5.41, 5.74) is 2.23. The maximum Gasteiger partial charge on any atom is 0.319 e. The van der Waals surface area contributed by atoms with Gasteiger partial charge in [-0.3, -0.25) is 0 Å². The molecule has 0 spiro atoms. The molecule has 1 aromatic carbocycles. The van der Waals surface area contributed by atoms with E-state index in [0.717, 1.165) is 0 Å². The molecular weight excluding hydrogens is 325 g/mol. The smallest absolute Gasteiger partial charge is 0.319 e. The number of aryl methyl sites for hydroxylation is 2. The minimum Gasteiger partial charge on any atom is -0.359 e. The number of urea groups is 1. The van der Waals surface area contributed by atoms with Crippen LogP contribution in [-0.2, 0) is 13.0 Å². The fraction of sp³-hybridized carbons (Fsp3) is 0.235. The second kappa shape index (κ2) is 7.16. The van der Waals surface area contributed by atoms with Crippen molar-refractivity contribution in [1.29, 1.82) is 0 Å². The van der Waals surface area contributed by atoms with Crippen molar-refractivity contribution >= 4 is 11.7 Å². The van der Waals surface area contributed by atoms with Gasteiger partial charge in [-0.05, 0) is 24.6 Å². The molecule has 2 heterocycles. The predicted octanol–water partition coefficient (Wildman–Crippen LogP) is 3.19. The first-order valence-electron chi connectivity index (χ1n) is 7.85. The molecule has 0 radical (unpaired) electrons. The third kappa shape index (κ3) is 3.68. The van der Waals surface area contributed by atoms with Crippen molar-refractivity contribution in [3.8, 4) is 5.69 Å². The Hall–Kier alpha value is -3.16. The van der Waals surface area contributed by atoms with Crippen LogP contribution in [0.25, 0.3) is 5.69 Å². The molecule has 2 aromatic heterocycles. The monoisotopic (exact) mass is 343 g/mol. The van der Waals surface area contributed by atoms with E-state index >= 15 is 0 Å². The average molecular weight is 343 g/mol. The maximum absolute atomic E-state index is 14.2. The molecule has 0 aliphatic heterocycles. The zero-order valence-corrected chi connectivity index (χ0v) is 13.9. The minimum absolute atomic E-state index is 0.193. The van der Waals surface area contributed by atoms with Crippen molar-refractivity contribution in [2.75, 3.05) is 5.32 Å². The van der Waals surface area contributed by atoms with Gasteiger partial charge >= 0.3 is 6.03 Å². The molecule has 130 valence electrons. The molecule has 8 heteroatoms. The van der Waals surface area contributed by atoms with Gasteiger partial charge in [0.15, 0.2) is 5.76 Å². The Bertz CT molecular complexity index is 873. The number of nitrogens with zero attached hydrogens (tertiary/aromatic N) is 3. The molecule has 0 atom stereocenters. The Kier molecular flexibility index (Phi) is 4.78. The van der Waals surface area contributed by atoms with Gasteiger partial charge in [0, 0.05) is 25.4 Å². The largest absolute Gasteiger partial charge is 0.359 e. The van der Waals surface area contributed by atoms with Crippen molar-refractivity contribution in [3.05, 3.63) is 59.8 Å². The summed E-state index contributed by atoms with van der Waals surface area (Å²) in [4.78, 5) is 15.9. The Labute approximate surface area is 143 Å². The number of halogens is 1. The third-order valence-electron chi connectivity index (χ3n) is 3.74. The van der Waals surface area contributed by atoms with Gasteiger partial charge in [0.05, 0.1) is 12.0 Å². The van der Waals surface area contributed by atoms with Gasteiger partial charge in [0.2, 0.25) is 0 Å². The van der Waals surface area contributed by atoms with E-state index < -0.39 is 6.03 Å². The lowest BCUT2D eigenvalue weighted by Crippen LogP contribution is -2.28. The van der Waals surface area contributed by atoms with Crippen LogP contribution in [0.1, 0.15) is 23.9 Å². The number of hydrogen-bond donors (Lipinski definition) is 2. The van der Waals surface area contributed by atoms with Crippen LogP contribution in [0.4, 0.5) is 14.9 Å². The number of rotatable bonds is 5. The van der Waals surface area contributed by atoms with E-state index in [1.165, 1.54) is 12.4 Å². The van der Waals surface area contributed by atoms with Gasteiger partial charge < -0.3 is 19.7 Å². The molecule has 0 saturated carbocycles. The summed E-state index contributed by atoms with van der Waals surface area (Å²) in [5.74, 6) is 0.226. The molecule has 0 aliphatic carbocycles. The number of aromatic nitrogens is 3. The van der Waals surface area contributed by atoms with Crippen molar-refractivity contribution in [2.24, 2.45) is 0 Å². The van der Waals surface area contributed by atoms with Gasteiger partial charge in [-0.25, -0.2) is 14.2 Å². The molecule has 0 aliphatic rings. The molecule has 0 bridgehead atoms. The highest BCUT2D eigenvalue weighted by Gasteiger charge is 2.14. The van der Waals surface area contributed by atoms with E-state index in [4.69, 9.17) is 4.52 Å². The van der Waals surface area contributed by atoms with Crippen LogP contribution in [0.15, 0.2) is 41.4 Å². The first-order chi connectivity index (χ1) is 12.1. The summed E-state index contributed by atoms with van der Waals surface area (Å²) in [6, 6.07) is 4.38. The fourth-order valence-corrected chi connectivity index (χ4v) is 2.43. The normalized spacial score (nSPS) is 10.7. The summed E-state index contributed by atoms with van der Waals surface area (Å²) >= 11 is 0. The van der Waals surface area contributed by atoms with Gasteiger partial charge in [-0.15, -0.1) is 0 Å². The minimum atomic E-state index is -0.403. The molecule has 7 nitrogen and oxygen atoms in total. The Morgan fingerprint density at radius 3 is 2.92 bits per heavy atom. The molecule has 3 aromatic rings. The van der Waals surface area contributed by atoms with Crippen LogP contribution in [-0.4, -0.2) is 20.7 Å². The summed E-state index contributed by atoms with van der Waals surface area (Å²) in [7, 11) is 0. The van der Waals surface area contributed by atoms with Gasteiger partial charge in [0.25, 0.3) is 0 Å². The van der Waals surface area contributed by atoms with Crippen LogP contribution in [0.5, 0.6) is 0 Å². The highest BCUT2D eigenvalue weighted by atomic mass is 19.1. The van der Waals surface area contributed by atoms with Crippen molar-refractivity contribution in [3.63, 3.8) is 0 Å². The average Bonchev–Trinajstić information content (AvgIpc) is 3.24. The molecule has 0 saturated heterocycles. The van der Waals surface area contributed by atoms with Crippen LogP contribution in [0, 0.1) is 12.7 Å². The zero-order chi connectivity index (χ0) is 17.8. The van der Waals surface area contributed by atoms with E-state index in [1.54, 1.807) is 36.0 Å². The number of hydrogen-bond acceptors (Lipinski definition) is 4. The lowest BCUT2D eigenvalue weighted by molar-refractivity contribution is 0.251. The SMILES string of the molecule is CCc1onc(C)c1NC(=O)NCc1ccc(-n2ccnc2)c(F)c1. The number of imidazole rings is 1. The van der Waals surface area contributed by atoms with E-state index in [1.807, 2.05) is 6.92 Å². The molecular formula is C17H18FN5O2. The molecule has 2 amide bonds. The quantitative estimate of drug-likeness (QED) is 0.745. The number of carbonyl (C=O) groups is 1. The standard InChI is InChI=1S/C17H18FN5O2/c1-3-15-16(11(2)22-25-15)21-17(24)20-9-12-4-5-14(13(18)8-12)23-7-6-19-10-23/h4-8,10H,3,9H2,1-2H3,(H2,20,21,24). The molecule has 25 heavy (non-hydrogen) atoms. The Morgan fingerprint density at radius 1 is 1.40 bits per heavy atom. The number of nitrogens with one attached hydrogen (secondary N) is 2. The summed E-state index contributed by atoms with van der Waals surface area (Å²) in [6.07, 6.45) is 5.39. The zero-order valence-electron chi connectivity index (χ0n) is 13.9. The van der Waals surface area contributed by atoms with Crippen molar-refractivity contribution in [1.82, 2.24) is 20.0 Å². The molecule has 0 unspecified atom stereocenters. The van der Waals surface area contributed by atoms with E-state index in [0.29, 0.717) is 34.8 Å². The van der Waals surface area contributed by atoms with Crippen molar-refractivity contribution < 1.29 is 13.7 Å². The summed E-state index contributed by atoms with van der Waals surface area (Å²) in [5, 5.41) is 9.24. The Morgan fingerprint density at radius 2 is 2.24 bits per heavy atom. The molecule has 3 rings (SSSR count). The van der Waals surface area contributed by atoms with E-state index in [9.17, 15) is 9.18 Å². The number of carbonyl (C=O) groups excluding carboxylic acids is 1. The maximum atomic E-state index is 14.2. The second-order valence-electron chi connectivity index (χ2n) is 5.48. The summed E-state index contributed by atoms with van der Waals surface area (Å²) in [6.45, 7) is 3.86. The van der Waals surface area contributed by atoms with E-state index in [-0.39, 0.29) is 12.4 Å². The van der Waals surface area contributed by atoms with Gasteiger partial charge in [0.1, 0.15) is 17.2 Å². The highest BCUT2D eigenvalue weighted by molar-refractivity contribution is 5.90. The first kappa shape index (κ1) is 16.7. The van der Waals surface area contributed by atoms with Crippen LogP contribution in [0.3, 0.4) is 0 Å². The number of amides is 2. The van der Waals surface area contributed by atoms with Crippen LogP contribution >= 0.6 is 0 Å². The third-order valence-corrected chi connectivity index (χ3v) is 3.74. The summed E-state index contributed by atoms with van der Waals surface area (Å²) < 4.78 is 20.9. The number of anilines is 1. The molecule has 2 N–H and O–H groups in total. The predicted molar refractivity (Wildman–Crippen MR) is 90.0 cm³/mol. The van der Waals surface area contributed by atoms with Gasteiger partial charge in [-0.2, -0.15) is 0 Å². The van der Waals surface area contributed by atoms with E-state index in [2.05, 4.69) is 20.8 Å². The Balaban J connectivity index is 1.62. The second-order valence-corrected chi connectivity index (χ2v) is 5.48. The van der Waals surface area contributed by atoms with Gasteiger partial charge in [-0.1, -0.05) is 18.1 Å². The lowest BCUT2D eigenvalue weighted by atomic mass is 10.2. The number of benzene rings is 1. The fourth-order valence-electron chi connectivity index (χ4n) is 2.43. The first-order valence-corrected chi connectivity index (χ1v) is 7.85. The topological polar surface area (TPSA) is 85.0 Å². The van der Waals surface area contributed by atoms with Crippen molar-refractivity contribution in [2.45, 2.75) is 26.8 Å². The van der Waals surface area contributed by atoms with Crippen LogP contribution in [0.2, 0.25) is 0 Å².